The summed E-state index contributed by atoms with van der Waals surface area (Å²) in [6.07, 6.45) is 2.33. The molecule has 0 saturated carbocycles. The Balaban J connectivity index is 2.45. The van der Waals surface area contributed by atoms with Crippen molar-refractivity contribution in [1.29, 1.82) is 0 Å². The zero-order valence-electron chi connectivity index (χ0n) is 11.4. The van der Waals surface area contributed by atoms with Crippen LogP contribution in [0.25, 0.3) is 0 Å². The van der Waals surface area contributed by atoms with Crippen molar-refractivity contribution in [2.75, 3.05) is 32.5 Å². The molecule has 5 nitrogen and oxygen atoms in total. The number of rotatable bonds is 7. The SMILES string of the molecule is CCNc1cc(CN(C)CCC(=O)NC)ccn1. The van der Waals surface area contributed by atoms with Crippen molar-refractivity contribution in [3.05, 3.63) is 23.9 Å². The van der Waals surface area contributed by atoms with Gasteiger partial charge in [-0.2, -0.15) is 0 Å². The van der Waals surface area contributed by atoms with Crippen molar-refractivity contribution in [2.24, 2.45) is 0 Å². The molecular weight excluding hydrogens is 228 g/mol. The number of carbonyl (C=O) groups excluding carboxylic acids is 1. The molecule has 0 aromatic carbocycles. The summed E-state index contributed by atoms with van der Waals surface area (Å²) in [5.74, 6) is 0.972. The Hall–Kier alpha value is -1.62. The lowest BCUT2D eigenvalue weighted by Gasteiger charge is -2.16. The van der Waals surface area contributed by atoms with Gasteiger partial charge >= 0.3 is 0 Å². The van der Waals surface area contributed by atoms with Crippen LogP contribution in [0.5, 0.6) is 0 Å². The number of amides is 1. The minimum absolute atomic E-state index is 0.0740. The predicted molar refractivity (Wildman–Crippen MR) is 73.4 cm³/mol. The van der Waals surface area contributed by atoms with Crippen LogP contribution in [-0.4, -0.2) is 43.0 Å². The molecule has 1 aromatic heterocycles. The second-order valence-corrected chi connectivity index (χ2v) is 4.24. The fourth-order valence-corrected chi connectivity index (χ4v) is 1.66. The Kier molecular flexibility index (Phi) is 6.14. The van der Waals surface area contributed by atoms with E-state index in [1.807, 2.05) is 26.1 Å². The van der Waals surface area contributed by atoms with Crippen LogP contribution >= 0.6 is 0 Å². The lowest BCUT2D eigenvalue weighted by Crippen LogP contribution is -2.26. The molecule has 100 valence electrons. The number of nitrogens with zero attached hydrogens (tertiary/aromatic N) is 2. The van der Waals surface area contributed by atoms with E-state index < -0.39 is 0 Å². The molecule has 0 aliphatic rings. The van der Waals surface area contributed by atoms with E-state index in [9.17, 15) is 4.79 Å². The van der Waals surface area contributed by atoms with Crippen LogP contribution < -0.4 is 10.6 Å². The lowest BCUT2D eigenvalue weighted by molar-refractivity contribution is -0.120. The summed E-state index contributed by atoms with van der Waals surface area (Å²) in [5.41, 5.74) is 1.19. The second-order valence-electron chi connectivity index (χ2n) is 4.24. The van der Waals surface area contributed by atoms with E-state index >= 15 is 0 Å². The highest BCUT2D eigenvalue weighted by Gasteiger charge is 2.04. The Morgan fingerprint density at radius 1 is 1.50 bits per heavy atom. The van der Waals surface area contributed by atoms with E-state index in [4.69, 9.17) is 0 Å². The molecule has 0 radical (unpaired) electrons. The maximum atomic E-state index is 11.2. The molecule has 5 heteroatoms. The van der Waals surface area contributed by atoms with Crippen molar-refractivity contribution in [1.82, 2.24) is 15.2 Å². The zero-order chi connectivity index (χ0) is 13.4. The van der Waals surface area contributed by atoms with Crippen molar-refractivity contribution in [2.45, 2.75) is 19.9 Å². The summed E-state index contributed by atoms with van der Waals surface area (Å²) in [5, 5.41) is 5.81. The first-order valence-electron chi connectivity index (χ1n) is 6.23. The average Bonchev–Trinajstić information content (AvgIpc) is 2.37. The van der Waals surface area contributed by atoms with Crippen LogP contribution in [0.15, 0.2) is 18.3 Å². The predicted octanol–water partition coefficient (Wildman–Crippen LogP) is 1.08. The summed E-state index contributed by atoms with van der Waals surface area (Å²) in [6, 6.07) is 4.04. The molecule has 1 aromatic rings. The van der Waals surface area contributed by atoms with Crippen LogP contribution in [-0.2, 0) is 11.3 Å². The molecule has 0 fully saturated rings. The average molecular weight is 250 g/mol. The molecule has 0 saturated heterocycles. The monoisotopic (exact) mass is 250 g/mol. The number of hydrogen-bond donors (Lipinski definition) is 2. The van der Waals surface area contributed by atoms with Crippen LogP contribution in [0, 0.1) is 0 Å². The third kappa shape index (κ3) is 5.14. The largest absolute Gasteiger partial charge is 0.370 e. The van der Waals surface area contributed by atoms with Crippen molar-refractivity contribution >= 4 is 11.7 Å². The van der Waals surface area contributed by atoms with E-state index in [1.165, 1.54) is 5.56 Å². The molecule has 1 amide bonds. The van der Waals surface area contributed by atoms with Gasteiger partial charge in [0.05, 0.1) is 0 Å². The second kappa shape index (κ2) is 7.66. The maximum absolute atomic E-state index is 11.2. The smallest absolute Gasteiger partial charge is 0.221 e. The number of anilines is 1. The molecule has 1 heterocycles. The molecule has 0 aliphatic carbocycles. The van der Waals surface area contributed by atoms with Gasteiger partial charge in [-0.3, -0.25) is 4.79 Å². The summed E-state index contributed by atoms with van der Waals surface area (Å²) < 4.78 is 0. The summed E-state index contributed by atoms with van der Waals surface area (Å²) in [6.45, 7) is 4.48. The molecule has 0 spiro atoms. The van der Waals surface area contributed by atoms with Crippen LogP contribution in [0.4, 0.5) is 5.82 Å². The van der Waals surface area contributed by atoms with Crippen molar-refractivity contribution in [3.8, 4) is 0 Å². The van der Waals surface area contributed by atoms with Gasteiger partial charge in [0.2, 0.25) is 5.91 Å². The molecule has 18 heavy (non-hydrogen) atoms. The standard InChI is InChI=1S/C13H22N4O/c1-4-15-12-9-11(5-7-16-12)10-17(3)8-6-13(18)14-2/h5,7,9H,4,6,8,10H2,1-3H3,(H,14,18)(H,15,16). The number of aromatic nitrogens is 1. The van der Waals surface area contributed by atoms with Gasteiger partial charge in [0.15, 0.2) is 0 Å². The van der Waals surface area contributed by atoms with Crippen LogP contribution in [0.2, 0.25) is 0 Å². The van der Waals surface area contributed by atoms with E-state index in [0.717, 1.165) is 25.5 Å². The first-order chi connectivity index (χ1) is 8.65. The van der Waals surface area contributed by atoms with Gasteiger partial charge in [0.1, 0.15) is 5.82 Å². The van der Waals surface area contributed by atoms with Crippen LogP contribution in [0.3, 0.4) is 0 Å². The van der Waals surface area contributed by atoms with Gasteiger partial charge in [0.25, 0.3) is 0 Å². The Bertz CT molecular complexity index is 381. The minimum atomic E-state index is 0.0740. The molecule has 0 aliphatic heterocycles. The highest BCUT2D eigenvalue weighted by atomic mass is 16.1. The molecule has 2 N–H and O–H groups in total. The Labute approximate surface area is 109 Å². The lowest BCUT2D eigenvalue weighted by atomic mass is 10.2. The highest BCUT2D eigenvalue weighted by molar-refractivity contribution is 5.75. The van der Waals surface area contributed by atoms with Crippen LogP contribution in [0.1, 0.15) is 18.9 Å². The zero-order valence-corrected chi connectivity index (χ0v) is 11.4. The normalized spacial score (nSPS) is 10.4. The van der Waals surface area contributed by atoms with E-state index in [2.05, 4.69) is 20.5 Å². The molecule has 0 bridgehead atoms. The summed E-state index contributed by atoms with van der Waals surface area (Å²) in [7, 11) is 3.67. The fraction of sp³-hybridized carbons (Fsp3) is 0.538. The number of carbonyl (C=O) groups is 1. The Morgan fingerprint density at radius 2 is 2.28 bits per heavy atom. The molecule has 1 rings (SSSR count). The van der Waals surface area contributed by atoms with Gasteiger partial charge in [0, 0.05) is 39.3 Å². The minimum Gasteiger partial charge on any atom is -0.370 e. The number of hydrogen-bond acceptors (Lipinski definition) is 4. The Morgan fingerprint density at radius 3 is 2.94 bits per heavy atom. The fourth-order valence-electron chi connectivity index (χ4n) is 1.66. The first kappa shape index (κ1) is 14.4. The van der Waals surface area contributed by atoms with Gasteiger partial charge in [-0.1, -0.05) is 0 Å². The number of pyridine rings is 1. The van der Waals surface area contributed by atoms with E-state index in [0.29, 0.717) is 6.42 Å². The van der Waals surface area contributed by atoms with Gasteiger partial charge < -0.3 is 15.5 Å². The van der Waals surface area contributed by atoms with Crippen molar-refractivity contribution in [3.63, 3.8) is 0 Å². The summed E-state index contributed by atoms with van der Waals surface area (Å²) >= 11 is 0. The molecule has 0 unspecified atom stereocenters. The van der Waals surface area contributed by atoms with E-state index in [1.54, 1.807) is 13.2 Å². The van der Waals surface area contributed by atoms with Gasteiger partial charge in [-0.15, -0.1) is 0 Å². The first-order valence-corrected chi connectivity index (χ1v) is 6.23. The topological polar surface area (TPSA) is 57.3 Å². The molecular formula is C13H22N4O. The maximum Gasteiger partial charge on any atom is 0.221 e. The highest BCUT2D eigenvalue weighted by Crippen LogP contribution is 2.08. The summed E-state index contributed by atoms with van der Waals surface area (Å²) in [4.78, 5) is 17.5. The number of nitrogens with one attached hydrogen (secondary N) is 2. The van der Waals surface area contributed by atoms with E-state index in [-0.39, 0.29) is 5.91 Å². The third-order valence-electron chi connectivity index (χ3n) is 2.63. The third-order valence-corrected chi connectivity index (χ3v) is 2.63. The quantitative estimate of drug-likeness (QED) is 0.760. The van der Waals surface area contributed by atoms with Gasteiger partial charge in [-0.25, -0.2) is 4.98 Å². The molecule has 0 atom stereocenters. The van der Waals surface area contributed by atoms with Crippen molar-refractivity contribution < 1.29 is 4.79 Å². The van der Waals surface area contributed by atoms with Gasteiger partial charge in [-0.05, 0) is 31.7 Å².